The summed E-state index contributed by atoms with van der Waals surface area (Å²) in [6, 6.07) is 10.3. The van der Waals surface area contributed by atoms with Gasteiger partial charge in [0.15, 0.2) is 11.5 Å². The predicted octanol–water partition coefficient (Wildman–Crippen LogP) is 3.99. The van der Waals surface area contributed by atoms with E-state index in [0.29, 0.717) is 34.1 Å². The second kappa shape index (κ2) is 6.76. The SMILES string of the molecule is COc1cccc(OC(=O)c2oc3cc(OC)c(OC)cc3c2C)c1. The lowest BCUT2D eigenvalue weighted by molar-refractivity contribution is 0.0702. The van der Waals surface area contributed by atoms with Gasteiger partial charge in [0.1, 0.15) is 17.1 Å². The van der Waals surface area contributed by atoms with Crippen molar-refractivity contribution in [2.45, 2.75) is 6.92 Å². The van der Waals surface area contributed by atoms with Gasteiger partial charge in [-0.1, -0.05) is 6.07 Å². The average molecular weight is 342 g/mol. The third-order valence-electron chi connectivity index (χ3n) is 3.88. The number of furan rings is 1. The summed E-state index contributed by atoms with van der Waals surface area (Å²) in [5.41, 5.74) is 1.19. The van der Waals surface area contributed by atoms with Crippen LogP contribution < -0.4 is 18.9 Å². The van der Waals surface area contributed by atoms with E-state index in [1.807, 2.05) is 0 Å². The highest BCUT2D eigenvalue weighted by molar-refractivity contribution is 5.97. The molecule has 2 aromatic carbocycles. The molecule has 6 heteroatoms. The van der Waals surface area contributed by atoms with Crippen molar-refractivity contribution in [3.05, 3.63) is 47.7 Å². The lowest BCUT2D eigenvalue weighted by Gasteiger charge is -2.06. The fraction of sp³-hybridized carbons (Fsp3) is 0.211. The summed E-state index contributed by atoms with van der Waals surface area (Å²) in [7, 11) is 4.64. The fourth-order valence-electron chi connectivity index (χ4n) is 2.56. The first-order valence-corrected chi connectivity index (χ1v) is 7.58. The highest BCUT2D eigenvalue weighted by Crippen LogP contribution is 2.36. The molecule has 0 radical (unpaired) electrons. The van der Waals surface area contributed by atoms with Crippen LogP contribution in [0.4, 0.5) is 0 Å². The first-order valence-electron chi connectivity index (χ1n) is 7.58. The lowest BCUT2D eigenvalue weighted by atomic mass is 10.1. The van der Waals surface area contributed by atoms with Crippen LogP contribution in [0.5, 0.6) is 23.0 Å². The van der Waals surface area contributed by atoms with E-state index < -0.39 is 5.97 Å². The van der Waals surface area contributed by atoms with Gasteiger partial charge < -0.3 is 23.4 Å². The Balaban J connectivity index is 1.97. The van der Waals surface area contributed by atoms with E-state index in [2.05, 4.69) is 0 Å². The molecule has 0 N–H and O–H groups in total. The van der Waals surface area contributed by atoms with Gasteiger partial charge in [0.25, 0.3) is 0 Å². The van der Waals surface area contributed by atoms with Gasteiger partial charge in [-0.3, -0.25) is 0 Å². The second-order valence-electron chi connectivity index (χ2n) is 5.33. The number of hydrogen-bond donors (Lipinski definition) is 0. The van der Waals surface area contributed by atoms with E-state index in [0.717, 1.165) is 5.39 Å². The van der Waals surface area contributed by atoms with Crippen molar-refractivity contribution in [3.63, 3.8) is 0 Å². The number of esters is 1. The minimum Gasteiger partial charge on any atom is -0.497 e. The minimum absolute atomic E-state index is 0.133. The Morgan fingerprint density at radius 1 is 0.920 bits per heavy atom. The number of benzene rings is 2. The zero-order valence-electron chi connectivity index (χ0n) is 14.4. The predicted molar refractivity (Wildman–Crippen MR) is 92.0 cm³/mol. The molecule has 0 fully saturated rings. The van der Waals surface area contributed by atoms with Crippen molar-refractivity contribution in [2.24, 2.45) is 0 Å². The first-order chi connectivity index (χ1) is 12.1. The van der Waals surface area contributed by atoms with Crippen LogP contribution in [0.1, 0.15) is 16.1 Å². The van der Waals surface area contributed by atoms with E-state index in [1.54, 1.807) is 57.5 Å². The van der Waals surface area contributed by atoms with Crippen molar-refractivity contribution >= 4 is 16.9 Å². The zero-order valence-corrected chi connectivity index (χ0v) is 14.4. The molecular formula is C19H18O6. The Morgan fingerprint density at radius 3 is 2.28 bits per heavy atom. The van der Waals surface area contributed by atoms with Gasteiger partial charge in [-0.2, -0.15) is 0 Å². The normalized spacial score (nSPS) is 10.6. The molecule has 0 amide bonds. The highest BCUT2D eigenvalue weighted by Gasteiger charge is 2.21. The molecular weight excluding hydrogens is 324 g/mol. The van der Waals surface area contributed by atoms with Crippen molar-refractivity contribution in [1.29, 1.82) is 0 Å². The van der Waals surface area contributed by atoms with Crippen LogP contribution in [0.25, 0.3) is 11.0 Å². The van der Waals surface area contributed by atoms with E-state index in [-0.39, 0.29) is 5.76 Å². The molecule has 6 nitrogen and oxygen atoms in total. The number of rotatable bonds is 5. The molecule has 0 spiro atoms. The van der Waals surface area contributed by atoms with Gasteiger partial charge in [0.2, 0.25) is 5.76 Å². The van der Waals surface area contributed by atoms with Crippen molar-refractivity contribution < 1.29 is 28.2 Å². The molecule has 0 bridgehead atoms. The number of carbonyl (C=O) groups is 1. The molecule has 0 saturated heterocycles. The number of hydrogen-bond acceptors (Lipinski definition) is 6. The highest BCUT2D eigenvalue weighted by atomic mass is 16.5. The third kappa shape index (κ3) is 3.10. The van der Waals surface area contributed by atoms with Crippen molar-refractivity contribution in [3.8, 4) is 23.0 Å². The van der Waals surface area contributed by atoms with E-state index in [4.69, 9.17) is 23.4 Å². The Bertz CT molecular complexity index is 925. The Morgan fingerprint density at radius 2 is 1.60 bits per heavy atom. The summed E-state index contributed by atoms with van der Waals surface area (Å²) in [6.07, 6.45) is 0. The summed E-state index contributed by atoms with van der Waals surface area (Å²) in [4.78, 5) is 12.5. The first kappa shape index (κ1) is 16.7. The molecule has 1 aromatic heterocycles. The molecule has 0 aliphatic carbocycles. The number of methoxy groups -OCH3 is 3. The summed E-state index contributed by atoms with van der Waals surface area (Å²) in [5, 5.41) is 0.759. The van der Waals surface area contributed by atoms with Crippen LogP contribution in [0.3, 0.4) is 0 Å². The Hall–Kier alpha value is -3.15. The second-order valence-corrected chi connectivity index (χ2v) is 5.33. The van der Waals surface area contributed by atoms with Gasteiger partial charge in [-0.15, -0.1) is 0 Å². The van der Waals surface area contributed by atoms with Gasteiger partial charge in [0, 0.05) is 23.1 Å². The smallest absolute Gasteiger partial charge is 0.379 e. The van der Waals surface area contributed by atoms with E-state index in [9.17, 15) is 4.79 Å². The summed E-state index contributed by atoms with van der Waals surface area (Å²) in [5.74, 6) is 1.61. The number of fused-ring (bicyclic) bond motifs is 1. The van der Waals surface area contributed by atoms with Crippen LogP contribution in [-0.4, -0.2) is 27.3 Å². The van der Waals surface area contributed by atoms with E-state index >= 15 is 0 Å². The maximum Gasteiger partial charge on any atom is 0.379 e. The maximum absolute atomic E-state index is 12.5. The van der Waals surface area contributed by atoms with Crippen LogP contribution in [0, 0.1) is 6.92 Å². The average Bonchev–Trinajstić information content (AvgIpc) is 2.96. The summed E-state index contributed by atoms with van der Waals surface area (Å²) in [6.45, 7) is 1.79. The quantitative estimate of drug-likeness (QED) is 0.516. The van der Waals surface area contributed by atoms with Gasteiger partial charge in [-0.25, -0.2) is 4.79 Å². The summed E-state index contributed by atoms with van der Waals surface area (Å²) < 4.78 is 26.8. The third-order valence-corrected chi connectivity index (χ3v) is 3.88. The van der Waals surface area contributed by atoms with Crippen LogP contribution in [0.2, 0.25) is 0 Å². The molecule has 0 aliphatic heterocycles. The minimum atomic E-state index is -0.583. The molecule has 0 unspecified atom stereocenters. The van der Waals surface area contributed by atoms with Gasteiger partial charge in [-0.05, 0) is 25.1 Å². The van der Waals surface area contributed by atoms with Crippen molar-refractivity contribution in [1.82, 2.24) is 0 Å². The molecule has 130 valence electrons. The lowest BCUT2D eigenvalue weighted by Crippen LogP contribution is -2.08. The molecule has 0 saturated carbocycles. The number of ether oxygens (including phenoxy) is 4. The van der Waals surface area contributed by atoms with Gasteiger partial charge >= 0.3 is 5.97 Å². The van der Waals surface area contributed by atoms with Crippen LogP contribution in [-0.2, 0) is 0 Å². The Kier molecular flexibility index (Phi) is 4.52. The van der Waals surface area contributed by atoms with Crippen molar-refractivity contribution in [2.75, 3.05) is 21.3 Å². The molecule has 0 atom stereocenters. The monoisotopic (exact) mass is 342 g/mol. The fourth-order valence-corrected chi connectivity index (χ4v) is 2.56. The Labute approximate surface area is 144 Å². The topological polar surface area (TPSA) is 67.1 Å². The summed E-state index contributed by atoms with van der Waals surface area (Å²) >= 11 is 0. The van der Waals surface area contributed by atoms with E-state index in [1.165, 1.54) is 7.11 Å². The largest absolute Gasteiger partial charge is 0.497 e. The van der Waals surface area contributed by atoms with Gasteiger partial charge in [0.05, 0.1) is 21.3 Å². The van der Waals surface area contributed by atoms with Crippen LogP contribution in [0.15, 0.2) is 40.8 Å². The molecule has 1 heterocycles. The van der Waals surface area contributed by atoms with Crippen LogP contribution >= 0.6 is 0 Å². The molecule has 3 aromatic rings. The standard InChI is InChI=1S/C19H18O6/c1-11-14-9-16(22-3)17(23-4)10-15(14)25-18(11)19(20)24-13-7-5-6-12(8-13)21-2/h5-10H,1-4H3. The zero-order chi connectivity index (χ0) is 18.0. The number of carbonyl (C=O) groups excluding carboxylic acids is 1. The molecule has 3 rings (SSSR count). The maximum atomic E-state index is 12.5. The molecule has 25 heavy (non-hydrogen) atoms. The molecule has 0 aliphatic rings. The number of aryl methyl sites for hydroxylation is 1.